The van der Waals surface area contributed by atoms with Crippen LogP contribution in [0.25, 0.3) is 0 Å². The van der Waals surface area contributed by atoms with Gasteiger partial charge in [-0.1, -0.05) is 0 Å². The van der Waals surface area contributed by atoms with E-state index >= 15 is 0 Å². The third-order valence-corrected chi connectivity index (χ3v) is 0. The summed E-state index contributed by atoms with van der Waals surface area (Å²) in [5, 5.41) is 0. The van der Waals surface area contributed by atoms with Gasteiger partial charge in [0.15, 0.2) is 0 Å². The molecule has 0 amide bonds. The molecule has 0 N–H and O–H groups in total. The fraction of sp³-hybridized carbons (Fsp3) is 0. The first-order valence-electron chi connectivity index (χ1n) is 0.204. The van der Waals surface area contributed by atoms with Crippen molar-refractivity contribution in [2.45, 2.75) is 0 Å². The van der Waals surface area contributed by atoms with Gasteiger partial charge in [0.1, 0.15) is 0 Å². The summed E-state index contributed by atoms with van der Waals surface area (Å²) in [5.74, 6) is 0. The van der Waals surface area contributed by atoms with Crippen LogP contribution in [0.2, 0.25) is 0 Å². The fourth-order valence-corrected chi connectivity index (χ4v) is 0. The number of hydrogen-bond donors (Lipinski definition) is 0. The summed E-state index contributed by atoms with van der Waals surface area (Å²) in [6.07, 6.45) is 0. The largest absolute Gasteiger partial charge is 0 e. The van der Waals surface area contributed by atoms with E-state index in [1.165, 1.54) is 35.1 Å². The van der Waals surface area contributed by atoms with E-state index in [1.54, 1.807) is 0 Å². The number of rotatable bonds is 0. The van der Waals surface area contributed by atoms with Crippen LogP contribution >= 0.6 is 0 Å². The Bertz CT molecular complexity index is 8.00. The van der Waals surface area contributed by atoms with Crippen molar-refractivity contribution in [1.82, 2.24) is 0 Å². The molecule has 0 spiro atoms. The van der Waals surface area contributed by atoms with Crippen molar-refractivity contribution < 1.29 is 80.5 Å². The van der Waals surface area contributed by atoms with Gasteiger partial charge in [0.2, 0.25) is 0 Å². The molecule has 0 aromatic carbocycles. The van der Waals surface area contributed by atoms with Crippen LogP contribution in [0.4, 0.5) is 0 Å². The van der Waals surface area contributed by atoms with Crippen molar-refractivity contribution in [1.29, 1.82) is 0 Å². The van der Waals surface area contributed by atoms with Gasteiger partial charge in [-0.3, -0.25) is 0 Å². The standard InChI is InChI=1S/Ce.Cu.Mo.Ni. The molecular formula is CeCuMoNi. The van der Waals surface area contributed by atoms with Gasteiger partial charge in [0, 0.05) is 33.6 Å². The van der Waals surface area contributed by atoms with Crippen molar-refractivity contribution in [3.63, 3.8) is 0 Å². The van der Waals surface area contributed by atoms with Crippen LogP contribution in [0.1, 0.15) is 0 Å². The maximum absolute atomic E-state index is 2.09. The second kappa shape index (κ2) is 16.5. The molecule has 0 heterocycles. The summed E-state index contributed by atoms with van der Waals surface area (Å²) in [7, 11) is 0. The molecule has 0 nitrogen and oxygen atoms in total. The van der Waals surface area contributed by atoms with Crippen LogP contribution < -0.4 is 0 Å². The maximum atomic E-state index is 2.09. The van der Waals surface area contributed by atoms with Gasteiger partial charge in [-0.25, -0.2) is 0 Å². The minimum Gasteiger partial charge on any atom is 0 e. The third kappa shape index (κ3) is 8.91. The summed E-state index contributed by atoms with van der Waals surface area (Å²) in [6.45, 7) is 0. The summed E-state index contributed by atoms with van der Waals surface area (Å²) < 4.78 is 0. The van der Waals surface area contributed by atoms with E-state index in [1.807, 2.05) is 0 Å². The molecule has 31 valence electrons. The van der Waals surface area contributed by atoms with E-state index < -0.39 is 0 Å². The predicted molar refractivity (Wildman–Crippen MR) is 0 cm³/mol. The monoisotopic (exact) mass is 359 g/mol. The Hall–Kier alpha value is 3.08. The van der Waals surface area contributed by atoms with Crippen molar-refractivity contribution >= 4 is 0 Å². The first-order chi connectivity index (χ1) is 1.00. The van der Waals surface area contributed by atoms with Crippen molar-refractivity contribution in [2.24, 2.45) is 0 Å². The van der Waals surface area contributed by atoms with Gasteiger partial charge in [0.05, 0.1) is 0 Å². The summed E-state index contributed by atoms with van der Waals surface area (Å²) in [5.41, 5.74) is 0. The molecule has 0 rings (SSSR count). The van der Waals surface area contributed by atoms with Crippen LogP contribution in [0.3, 0.4) is 0 Å². The Morgan fingerprint density at radius 3 is 1.25 bits per heavy atom. The van der Waals surface area contributed by atoms with Crippen molar-refractivity contribution in [3.8, 4) is 0 Å². The zero-order valence-electron chi connectivity index (χ0n) is 1.53. The molecule has 1 radical (unpaired) electrons. The molecule has 0 saturated carbocycles. The first-order valence-corrected chi connectivity index (χ1v) is 8.79. The van der Waals surface area contributed by atoms with Gasteiger partial charge in [-0.05, 0) is 0 Å². The zero-order chi connectivity index (χ0) is 2.00. The minimum atomic E-state index is 0. The molecule has 0 aliphatic heterocycles. The second-order valence-corrected chi connectivity index (χ2v) is 0. The molecule has 0 unspecified atom stereocenters. The summed E-state index contributed by atoms with van der Waals surface area (Å²) >= 11 is 3.40. The van der Waals surface area contributed by atoms with E-state index in [0.29, 0.717) is 0 Å². The minimum absolute atomic E-state index is 0. The Kier molecular flexibility index (Phi) is 65.0. The number of hydrogen-bond acceptors (Lipinski definition) is 0. The van der Waals surface area contributed by atoms with E-state index in [4.69, 9.17) is 0 Å². The SMILES string of the molecule is [Cu].[Mo][Ce].[Ni]. The quantitative estimate of drug-likeness (QED) is 0.535. The molecule has 0 atom stereocenters. The molecule has 0 aromatic rings. The summed E-state index contributed by atoms with van der Waals surface area (Å²) in [4.78, 5) is 0. The van der Waals surface area contributed by atoms with Gasteiger partial charge in [0.25, 0.3) is 0 Å². The molecule has 0 saturated heterocycles. The average Bonchev–Trinajstić information content (AvgIpc) is 1.00. The molecular weight excluding hydrogens is 358 g/mol. The zero-order valence-corrected chi connectivity index (χ0v) is 8.60. The maximum Gasteiger partial charge on any atom is 0 e. The molecule has 4 heteroatoms. The van der Waals surface area contributed by atoms with E-state index in [-0.39, 0.29) is 33.6 Å². The van der Waals surface area contributed by atoms with Crippen LogP contribution in [-0.4, -0.2) is 0 Å². The molecule has 0 aliphatic carbocycles. The normalized spacial score (nSPS) is 0.750. The van der Waals surface area contributed by atoms with Crippen LogP contribution in [0, 0.1) is 35.1 Å². The van der Waals surface area contributed by atoms with Gasteiger partial charge >= 0.3 is 46.9 Å². The second-order valence-electron chi connectivity index (χ2n) is 0. The molecule has 4 heavy (non-hydrogen) atoms. The van der Waals surface area contributed by atoms with Crippen LogP contribution in [-0.2, 0) is 45.3 Å². The van der Waals surface area contributed by atoms with Gasteiger partial charge in [-0.2, -0.15) is 0 Å². The van der Waals surface area contributed by atoms with E-state index in [9.17, 15) is 0 Å². The topological polar surface area (TPSA) is 0 Å². The molecule has 0 bridgehead atoms. The predicted octanol–water partition coefficient (Wildman–Crippen LogP) is -0.00750. The average molecular weight is 358 g/mol. The Labute approximate surface area is 78.4 Å². The molecule has 0 aromatic heterocycles. The Balaban J connectivity index is -0.00000000500. The molecule has 0 fully saturated rings. The summed E-state index contributed by atoms with van der Waals surface area (Å²) in [6, 6.07) is 0. The van der Waals surface area contributed by atoms with Crippen molar-refractivity contribution in [3.05, 3.63) is 0 Å². The van der Waals surface area contributed by atoms with E-state index in [2.05, 4.69) is 11.8 Å². The first kappa shape index (κ1) is 15.7. The Morgan fingerprint density at radius 2 is 1.25 bits per heavy atom. The smallest absolute Gasteiger partial charge is 0 e. The van der Waals surface area contributed by atoms with Crippen LogP contribution in [0.15, 0.2) is 0 Å². The van der Waals surface area contributed by atoms with Crippen LogP contribution in [0.5, 0.6) is 0 Å². The van der Waals surface area contributed by atoms with E-state index in [0.717, 1.165) is 0 Å². The van der Waals surface area contributed by atoms with Gasteiger partial charge < -0.3 is 0 Å². The Morgan fingerprint density at radius 1 is 1.25 bits per heavy atom. The fourth-order valence-electron chi connectivity index (χ4n) is 0. The molecule has 0 aliphatic rings. The third-order valence-electron chi connectivity index (χ3n) is 0. The van der Waals surface area contributed by atoms with Gasteiger partial charge in [-0.15, -0.1) is 0 Å². The van der Waals surface area contributed by atoms with Crippen molar-refractivity contribution in [2.75, 3.05) is 0 Å².